The molecule has 0 saturated carbocycles. The van der Waals surface area contributed by atoms with Crippen LogP contribution in [0.15, 0.2) is 0 Å². The zero-order valence-electron chi connectivity index (χ0n) is 7.18. The van der Waals surface area contributed by atoms with Crippen LogP contribution < -0.4 is 0 Å². The fourth-order valence-corrected chi connectivity index (χ4v) is 1.34. The van der Waals surface area contributed by atoms with Gasteiger partial charge in [-0.2, -0.15) is 0 Å². The Labute approximate surface area is 61.8 Å². The summed E-state index contributed by atoms with van der Waals surface area (Å²) in [5.74, 6) is 0. The number of thiol groups is 1. The number of hydrogen-bond donors (Lipinski definition) is 1. The highest BCUT2D eigenvalue weighted by atomic mass is 32.2. The lowest BCUT2D eigenvalue weighted by atomic mass is 10.4. The molecule has 58 valence electrons. The molecule has 0 aliphatic carbocycles. The second kappa shape index (κ2) is 4.18. The summed E-state index contributed by atoms with van der Waals surface area (Å²) in [6.07, 6.45) is 4.67. The van der Waals surface area contributed by atoms with Crippen LogP contribution in [0.25, 0.3) is 0 Å². The van der Waals surface area contributed by atoms with Crippen LogP contribution in [0.5, 0.6) is 0 Å². The molecule has 0 radical (unpaired) electrons. The summed E-state index contributed by atoms with van der Waals surface area (Å²) in [5, 5.41) is 0.884. The van der Waals surface area contributed by atoms with Gasteiger partial charge in [-0.25, -0.2) is 0 Å². The molecule has 0 rings (SSSR count). The molecule has 2 heteroatoms. The Hall–Kier alpha value is 0.310. The first-order valence-corrected chi connectivity index (χ1v) is 5.65. The van der Waals surface area contributed by atoms with Gasteiger partial charge in [0, 0.05) is 6.54 Å². The van der Waals surface area contributed by atoms with E-state index in [1.54, 1.807) is 0 Å². The summed E-state index contributed by atoms with van der Waals surface area (Å²) in [6, 6.07) is 0. The Morgan fingerprint density at radius 3 is 1.89 bits per heavy atom. The van der Waals surface area contributed by atoms with E-state index in [0.29, 0.717) is 0 Å². The topological polar surface area (TPSA) is 3.24 Å². The molecule has 0 spiro atoms. The number of hydrogen-bond acceptors (Lipinski definition) is 1. The van der Waals surface area contributed by atoms with Gasteiger partial charge in [0.15, 0.2) is 0 Å². The highest BCUT2D eigenvalue weighted by molar-refractivity contribution is 8.16. The molecule has 1 atom stereocenters. The molecular weight excluding hydrogens is 130 g/mol. The van der Waals surface area contributed by atoms with Crippen molar-refractivity contribution in [1.29, 1.82) is 0 Å². The van der Waals surface area contributed by atoms with E-state index in [1.165, 1.54) is 6.54 Å². The first kappa shape index (κ1) is 9.31. The minimum Gasteiger partial charge on any atom is -0.308 e. The van der Waals surface area contributed by atoms with E-state index < -0.39 is 0 Å². The minimum absolute atomic E-state index is 0.264. The van der Waals surface area contributed by atoms with Gasteiger partial charge in [-0.15, -0.1) is 0 Å². The molecule has 1 nitrogen and oxygen atoms in total. The second-order valence-electron chi connectivity index (χ2n) is 3.07. The predicted octanol–water partition coefficient (Wildman–Crippen LogP) is 1.20. The molecule has 0 N–H and O–H groups in total. The molecule has 0 saturated heterocycles. The van der Waals surface area contributed by atoms with Gasteiger partial charge in [-0.1, -0.05) is 6.92 Å². The maximum atomic E-state index is 2.34. The van der Waals surface area contributed by atoms with Gasteiger partial charge >= 0.3 is 0 Å². The van der Waals surface area contributed by atoms with E-state index in [4.69, 9.17) is 0 Å². The summed E-state index contributed by atoms with van der Waals surface area (Å²) in [6.45, 7) is 3.56. The van der Waals surface area contributed by atoms with Crippen LogP contribution in [-0.4, -0.2) is 43.3 Å². The Balaban J connectivity index is 3.38. The molecule has 0 aromatic carbocycles. The van der Waals surface area contributed by atoms with Crippen molar-refractivity contribution in [2.75, 3.05) is 33.2 Å². The monoisotopic (exact) mass is 149 g/mol. The van der Waals surface area contributed by atoms with Crippen LogP contribution in [-0.2, 0) is 0 Å². The molecule has 0 fully saturated rings. The summed E-state index contributed by atoms with van der Waals surface area (Å²) in [4.78, 5) is 2.26. The van der Waals surface area contributed by atoms with Gasteiger partial charge in [-0.05, 0) is 31.9 Å². The fraction of sp³-hybridized carbons (Fsp3) is 1.00. The van der Waals surface area contributed by atoms with Crippen LogP contribution in [0.3, 0.4) is 0 Å². The van der Waals surface area contributed by atoms with Crippen molar-refractivity contribution >= 4 is 10.9 Å². The smallest absolute Gasteiger partial charge is 0.00752 e. The van der Waals surface area contributed by atoms with Gasteiger partial charge in [0.1, 0.15) is 0 Å². The van der Waals surface area contributed by atoms with Crippen molar-refractivity contribution in [1.82, 2.24) is 4.90 Å². The maximum absolute atomic E-state index is 2.34. The average molecular weight is 149 g/mol. The molecule has 0 heterocycles. The van der Waals surface area contributed by atoms with Crippen LogP contribution in [0.1, 0.15) is 6.92 Å². The van der Waals surface area contributed by atoms with Crippen LogP contribution in [0.4, 0.5) is 0 Å². The standard InChI is InChI=1S/C7H19NS/c1-7(9(4)5)6-8(2)3/h7,9H,6H2,1-5H3. The second-order valence-corrected chi connectivity index (χ2v) is 5.88. The third-order valence-corrected chi connectivity index (χ3v) is 3.44. The predicted molar refractivity (Wildman–Crippen MR) is 48.9 cm³/mol. The normalized spacial score (nSPS) is 16.0. The number of rotatable bonds is 3. The summed E-state index contributed by atoms with van der Waals surface area (Å²) < 4.78 is 0. The lowest BCUT2D eigenvalue weighted by Crippen LogP contribution is -2.23. The molecule has 0 aliphatic heterocycles. The first-order chi connectivity index (χ1) is 4.04. The lowest BCUT2D eigenvalue weighted by Gasteiger charge is -2.22. The zero-order chi connectivity index (χ0) is 7.44. The van der Waals surface area contributed by atoms with Gasteiger partial charge in [-0.3, -0.25) is 10.9 Å². The Kier molecular flexibility index (Phi) is 4.32. The van der Waals surface area contributed by atoms with E-state index in [0.717, 1.165) is 5.25 Å². The number of nitrogens with zero attached hydrogens (tertiary/aromatic N) is 1. The SMILES string of the molecule is CC(CN(C)C)[SH](C)C. The molecule has 0 aliphatic rings. The largest absolute Gasteiger partial charge is 0.308 e. The third kappa shape index (κ3) is 4.79. The summed E-state index contributed by atoms with van der Waals surface area (Å²) >= 11 is 0. The molecule has 0 aromatic rings. The quantitative estimate of drug-likeness (QED) is 0.590. The van der Waals surface area contributed by atoms with E-state index in [9.17, 15) is 0 Å². The van der Waals surface area contributed by atoms with Gasteiger partial charge < -0.3 is 4.90 Å². The van der Waals surface area contributed by atoms with Crippen LogP contribution >= 0.6 is 10.9 Å². The van der Waals surface area contributed by atoms with E-state index >= 15 is 0 Å². The summed E-state index contributed by atoms with van der Waals surface area (Å²) in [7, 11) is 4.53. The van der Waals surface area contributed by atoms with Crippen molar-refractivity contribution in [2.45, 2.75) is 12.2 Å². The van der Waals surface area contributed by atoms with E-state index in [2.05, 4.69) is 38.4 Å². The molecule has 0 bridgehead atoms. The Morgan fingerprint density at radius 1 is 1.33 bits per heavy atom. The summed E-state index contributed by atoms with van der Waals surface area (Å²) in [5.41, 5.74) is 0. The zero-order valence-corrected chi connectivity index (χ0v) is 8.07. The first-order valence-electron chi connectivity index (χ1n) is 3.35. The van der Waals surface area contributed by atoms with Gasteiger partial charge in [0.2, 0.25) is 0 Å². The van der Waals surface area contributed by atoms with Crippen molar-refractivity contribution in [3.8, 4) is 0 Å². The Bertz CT molecular complexity index is 71.3. The van der Waals surface area contributed by atoms with E-state index in [-0.39, 0.29) is 10.9 Å². The highest BCUT2D eigenvalue weighted by Gasteiger charge is 2.03. The van der Waals surface area contributed by atoms with Crippen LogP contribution in [0.2, 0.25) is 0 Å². The third-order valence-electron chi connectivity index (χ3n) is 1.51. The van der Waals surface area contributed by atoms with Gasteiger partial charge in [0.25, 0.3) is 0 Å². The Morgan fingerprint density at radius 2 is 1.78 bits per heavy atom. The molecule has 1 unspecified atom stereocenters. The average Bonchev–Trinajstić information content (AvgIpc) is 1.63. The van der Waals surface area contributed by atoms with Crippen molar-refractivity contribution in [3.05, 3.63) is 0 Å². The molecule has 9 heavy (non-hydrogen) atoms. The van der Waals surface area contributed by atoms with Crippen molar-refractivity contribution in [2.24, 2.45) is 0 Å². The fourth-order valence-electron chi connectivity index (χ4n) is 0.692. The van der Waals surface area contributed by atoms with E-state index in [1.807, 2.05) is 0 Å². The highest BCUT2D eigenvalue weighted by Crippen LogP contribution is 2.21. The lowest BCUT2D eigenvalue weighted by molar-refractivity contribution is 0.413. The van der Waals surface area contributed by atoms with Crippen LogP contribution in [0, 0.1) is 0 Å². The minimum atomic E-state index is 0.264. The molecular formula is C7H19NS. The molecule has 0 aromatic heterocycles. The van der Waals surface area contributed by atoms with Crippen molar-refractivity contribution in [3.63, 3.8) is 0 Å². The maximum Gasteiger partial charge on any atom is 0.00752 e. The van der Waals surface area contributed by atoms with Gasteiger partial charge in [0.05, 0.1) is 0 Å². The molecule has 0 amide bonds. The van der Waals surface area contributed by atoms with Crippen molar-refractivity contribution < 1.29 is 0 Å².